The second-order valence-corrected chi connectivity index (χ2v) is 5.61. The van der Waals surface area contributed by atoms with Gasteiger partial charge in [0.2, 0.25) is 0 Å². The van der Waals surface area contributed by atoms with Gasteiger partial charge in [-0.2, -0.15) is 0 Å². The maximum absolute atomic E-state index is 13.5. The summed E-state index contributed by atoms with van der Waals surface area (Å²) in [4.78, 5) is 16.7. The Morgan fingerprint density at radius 1 is 1.53 bits per heavy atom. The van der Waals surface area contributed by atoms with E-state index in [9.17, 15) is 9.18 Å². The standard InChI is InChI=1S/C13H13FN2OS2/c1-8-16-9(7-19-8)4-5-15-13(17)11-6-10(18)2-3-12(11)14/h2-3,6-7,18H,4-5H2,1H3,(H,15,17). The average Bonchev–Trinajstić information content (AvgIpc) is 2.78. The van der Waals surface area contributed by atoms with Gasteiger partial charge in [0.05, 0.1) is 16.3 Å². The maximum atomic E-state index is 13.5. The molecule has 0 fully saturated rings. The number of hydrogen-bond acceptors (Lipinski definition) is 4. The van der Waals surface area contributed by atoms with Crippen LogP contribution in [-0.2, 0) is 6.42 Å². The monoisotopic (exact) mass is 296 g/mol. The highest BCUT2D eigenvalue weighted by molar-refractivity contribution is 7.80. The van der Waals surface area contributed by atoms with Crippen LogP contribution in [0, 0.1) is 12.7 Å². The molecule has 0 aliphatic carbocycles. The Morgan fingerprint density at radius 2 is 2.32 bits per heavy atom. The number of benzene rings is 1. The molecule has 0 spiro atoms. The molecule has 6 heteroatoms. The topological polar surface area (TPSA) is 42.0 Å². The fourth-order valence-corrected chi connectivity index (χ4v) is 2.46. The van der Waals surface area contributed by atoms with E-state index in [2.05, 4.69) is 22.9 Å². The molecule has 0 saturated carbocycles. The Bertz CT molecular complexity index is 598. The van der Waals surface area contributed by atoms with Gasteiger partial charge in [0, 0.05) is 23.2 Å². The van der Waals surface area contributed by atoms with Gasteiger partial charge >= 0.3 is 0 Å². The van der Waals surface area contributed by atoms with E-state index in [-0.39, 0.29) is 5.56 Å². The van der Waals surface area contributed by atoms with Gasteiger partial charge in [0.15, 0.2) is 0 Å². The first-order chi connectivity index (χ1) is 9.06. The first kappa shape index (κ1) is 14.0. The van der Waals surface area contributed by atoms with Crippen LogP contribution in [0.2, 0.25) is 0 Å². The molecule has 0 aliphatic heterocycles. The molecule has 0 bridgehead atoms. The Hall–Kier alpha value is -1.40. The summed E-state index contributed by atoms with van der Waals surface area (Å²) in [6, 6.07) is 4.16. The first-order valence-corrected chi connectivity index (χ1v) is 7.06. The van der Waals surface area contributed by atoms with Crippen molar-refractivity contribution in [2.24, 2.45) is 0 Å². The van der Waals surface area contributed by atoms with Crippen LogP contribution < -0.4 is 5.32 Å². The summed E-state index contributed by atoms with van der Waals surface area (Å²) in [7, 11) is 0. The van der Waals surface area contributed by atoms with Crippen molar-refractivity contribution in [2.75, 3.05) is 6.54 Å². The average molecular weight is 296 g/mol. The van der Waals surface area contributed by atoms with E-state index in [1.807, 2.05) is 12.3 Å². The zero-order chi connectivity index (χ0) is 13.8. The molecule has 0 radical (unpaired) electrons. The summed E-state index contributed by atoms with van der Waals surface area (Å²) >= 11 is 5.66. The second kappa shape index (κ2) is 6.16. The fraction of sp³-hybridized carbons (Fsp3) is 0.231. The van der Waals surface area contributed by atoms with Gasteiger partial charge in [-0.05, 0) is 25.1 Å². The number of halogens is 1. The van der Waals surface area contributed by atoms with Crippen molar-refractivity contribution in [3.63, 3.8) is 0 Å². The van der Waals surface area contributed by atoms with Crippen LogP contribution in [0.5, 0.6) is 0 Å². The number of aryl methyl sites for hydroxylation is 1. The highest BCUT2D eigenvalue weighted by atomic mass is 32.1. The summed E-state index contributed by atoms with van der Waals surface area (Å²) in [5.41, 5.74) is 0.952. The third-order valence-corrected chi connectivity index (χ3v) is 3.63. The van der Waals surface area contributed by atoms with Gasteiger partial charge in [-0.15, -0.1) is 24.0 Å². The Kier molecular flexibility index (Phi) is 4.55. The largest absolute Gasteiger partial charge is 0.352 e. The molecule has 0 saturated heterocycles. The number of aromatic nitrogens is 1. The SMILES string of the molecule is Cc1nc(CCNC(=O)c2cc(S)ccc2F)cs1. The summed E-state index contributed by atoms with van der Waals surface area (Å²) in [5, 5.41) is 5.63. The number of thiazole rings is 1. The minimum Gasteiger partial charge on any atom is -0.352 e. The molecule has 19 heavy (non-hydrogen) atoms. The van der Waals surface area contributed by atoms with Crippen LogP contribution in [0.4, 0.5) is 4.39 Å². The number of thiol groups is 1. The Morgan fingerprint density at radius 3 is 3.00 bits per heavy atom. The number of amides is 1. The van der Waals surface area contributed by atoms with E-state index in [0.717, 1.165) is 10.7 Å². The molecular formula is C13H13FN2OS2. The molecule has 1 aromatic carbocycles. The molecule has 0 unspecified atom stereocenters. The molecule has 0 aliphatic rings. The zero-order valence-corrected chi connectivity index (χ0v) is 12.0. The van der Waals surface area contributed by atoms with E-state index in [0.29, 0.717) is 17.9 Å². The summed E-state index contributed by atoms with van der Waals surface area (Å²) in [6.45, 7) is 2.36. The van der Waals surface area contributed by atoms with Crippen LogP contribution in [0.1, 0.15) is 21.1 Å². The van der Waals surface area contributed by atoms with E-state index < -0.39 is 11.7 Å². The van der Waals surface area contributed by atoms with Gasteiger partial charge < -0.3 is 5.32 Å². The van der Waals surface area contributed by atoms with Gasteiger partial charge in [0.25, 0.3) is 5.91 Å². The number of carbonyl (C=O) groups excluding carboxylic acids is 1. The lowest BCUT2D eigenvalue weighted by atomic mass is 10.2. The third-order valence-electron chi connectivity index (χ3n) is 2.53. The van der Waals surface area contributed by atoms with Crippen LogP contribution >= 0.6 is 24.0 Å². The fourth-order valence-electron chi connectivity index (χ4n) is 1.61. The van der Waals surface area contributed by atoms with Crippen LogP contribution in [0.3, 0.4) is 0 Å². The molecule has 1 amide bonds. The van der Waals surface area contributed by atoms with Crippen molar-refractivity contribution in [3.8, 4) is 0 Å². The number of rotatable bonds is 4. The maximum Gasteiger partial charge on any atom is 0.254 e. The quantitative estimate of drug-likeness (QED) is 0.852. The van der Waals surface area contributed by atoms with Crippen molar-refractivity contribution in [3.05, 3.63) is 45.7 Å². The van der Waals surface area contributed by atoms with Gasteiger partial charge in [0.1, 0.15) is 5.82 Å². The molecule has 2 aromatic rings. The lowest BCUT2D eigenvalue weighted by Crippen LogP contribution is -2.26. The van der Waals surface area contributed by atoms with Gasteiger partial charge in [-0.25, -0.2) is 9.37 Å². The van der Waals surface area contributed by atoms with Crippen molar-refractivity contribution >= 4 is 29.9 Å². The van der Waals surface area contributed by atoms with Crippen molar-refractivity contribution < 1.29 is 9.18 Å². The van der Waals surface area contributed by atoms with Crippen LogP contribution in [0.15, 0.2) is 28.5 Å². The number of nitrogens with zero attached hydrogens (tertiary/aromatic N) is 1. The van der Waals surface area contributed by atoms with Crippen molar-refractivity contribution in [2.45, 2.75) is 18.2 Å². The Labute approximate surface area is 120 Å². The third kappa shape index (κ3) is 3.78. The predicted octanol–water partition coefficient (Wildman–Crippen LogP) is 2.85. The van der Waals surface area contributed by atoms with E-state index in [4.69, 9.17) is 0 Å². The first-order valence-electron chi connectivity index (χ1n) is 5.74. The van der Waals surface area contributed by atoms with Gasteiger partial charge in [-0.3, -0.25) is 4.79 Å². The minimum absolute atomic E-state index is 0.0157. The zero-order valence-electron chi connectivity index (χ0n) is 10.3. The molecule has 100 valence electrons. The lowest BCUT2D eigenvalue weighted by molar-refractivity contribution is 0.0950. The minimum atomic E-state index is -0.542. The highest BCUT2D eigenvalue weighted by Gasteiger charge is 2.11. The van der Waals surface area contributed by atoms with Crippen LogP contribution in [-0.4, -0.2) is 17.4 Å². The molecule has 1 aromatic heterocycles. The van der Waals surface area contributed by atoms with Crippen LogP contribution in [0.25, 0.3) is 0 Å². The smallest absolute Gasteiger partial charge is 0.254 e. The van der Waals surface area contributed by atoms with E-state index in [1.165, 1.54) is 18.2 Å². The predicted molar refractivity (Wildman–Crippen MR) is 76.5 cm³/mol. The Balaban J connectivity index is 1.92. The normalized spacial score (nSPS) is 10.5. The van der Waals surface area contributed by atoms with Gasteiger partial charge in [-0.1, -0.05) is 0 Å². The molecular weight excluding hydrogens is 283 g/mol. The molecule has 1 heterocycles. The number of carbonyl (C=O) groups is 1. The summed E-state index contributed by atoms with van der Waals surface area (Å²) in [5.74, 6) is -0.972. The lowest BCUT2D eigenvalue weighted by Gasteiger charge is -2.05. The number of nitrogens with one attached hydrogen (secondary N) is 1. The second-order valence-electron chi connectivity index (χ2n) is 4.03. The summed E-state index contributed by atoms with van der Waals surface area (Å²) < 4.78 is 13.5. The van der Waals surface area contributed by atoms with E-state index >= 15 is 0 Å². The molecule has 1 N–H and O–H groups in total. The van der Waals surface area contributed by atoms with Crippen molar-refractivity contribution in [1.29, 1.82) is 0 Å². The molecule has 3 nitrogen and oxygen atoms in total. The number of hydrogen-bond donors (Lipinski definition) is 2. The van der Waals surface area contributed by atoms with E-state index in [1.54, 1.807) is 11.3 Å². The molecule has 2 rings (SSSR count). The molecule has 0 atom stereocenters. The van der Waals surface area contributed by atoms with Crippen molar-refractivity contribution in [1.82, 2.24) is 10.3 Å². The summed E-state index contributed by atoms with van der Waals surface area (Å²) in [6.07, 6.45) is 0.637. The highest BCUT2D eigenvalue weighted by Crippen LogP contribution is 2.13.